The lowest BCUT2D eigenvalue weighted by molar-refractivity contribution is -0.337. The Bertz CT molecular complexity index is 1500. The predicted octanol–water partition coefficient (Wildman–Crippen LogP) is -1.16. The van der Waals surface area contributed by atoms with Gasteiger partial charge in [0, 0.05) is 41.7 Å². The molecule has 300 valence electrons. The van der Waals surface area contributed by atoms with E-state index >= 15 is 0 Å². The second kappa shape index (κ2) is 19.6. The number of aliphatic hydroxyl groups is 2. The van der Waals surface area contributed by atoms with E-state index in [0.29, 0.717) is 0 Å². The lowest BCUT2D eigenvalue weighted by Crippen LogP contribution is -2.69. The summed E-state index contributed by atoms with van der Waals surface area (Å²) in [6.07, 6.45) is -15.7. The lowest BCUT2D eigenvalue weighted by atomic mass is 9.87. The molecule has 0 unspecified atom stereocenters. The van der Waals surface area contributed by atoms with Gasteiger partial charge in [-0.2, -0.15) is 0 Å². The number of aliphatic hydroxyl groups excluding tert-OH is 2. The smallest absolute Gasteiger partial charge is 0.366 e. The molecule has 1 aromatic rings. The molecule has 0 saturated carbocycles. The van der Waals surface area contributed by atoms with Crippen LogP contribution in [-0.4, -0.2) is 146 Å². The van der Waals surface area contributed by atoms with Crippen LogP contribution in [0.4, 0.5) is 0 Å². The Balaban J connectivity index is 2.10. The van der Waals surface area contributed by atoms with Crippen molar-refractivity contribution in [3.63, 3.8) is 0 Å². The first kappa shape index (κ1) is 43.7. The highest BCUT2D eigenvalue weighted by atomic mass is 16.8. The maximum atomic E-state index is 13.7. The van der Waals surface area contributed by atoms with Crippen molar-refractivity contribution in [2.45, 2.75) is 108 Å². The highest BCUT2D eigenvalue weighted by Gasteiger charge is 2.60. The Hall–Kier alpha value is -4.73. The average Bonchev–Trinajstić information content (AvgIpc) is 3.10. The van der Waals surface area contributed by atoms with E-state index in [1.54, 1.807) is 18.2 Å². The highest BCUT2D eigenvalue weighted by Crippen LogP contribution is 2.38. The Morgan fingerprint density at radius 1 is 0.870 bits per heavy atom. The van der Waals surface area contributed by atoms with Crippen LogP contribution in [0.25, 0.3) is 0 Å². The van der Waals surface area contributed by atoms with Crippen molar-refractivity contribution < 1.29 is 91.1 Å². The SMILES string of the molecule is COC(=O)[C@@]1(OC[C@H]2O[C@@H](OC)[C@H](O)[C@@H](OC(=O)c3ccccc3)[C@H]2O)C[C@H](OC(C)=O)[C@@H](NC(C)=O)[C@H]([C@H](OC(C)=O)[C@@H](COC(C)=O)OC(C)=O)O1. The molecule has 0 aliphatic carbocycles. The van der Waals surface area contributed by atoms with E-state index in [-0.39, 0.29) is 5.56 Å². The van der Waals surface area contributed by atoms with Gasteiger partial charge in [0.05, 0.1) is 31.7 Å². The fourth-order valence-electron chi connectivity index (χ4n) is 5.90. The average molecular weight is 772 g/mol. The van der Waals surface area contributed by atoms with E-state index in [2.05, 4.69) is 5.32 Å². The molecule has 3 rings (SSSR count). The number of hydrogen-bond donors (Lipinski definition) is 3. The summed E-state index contributed by atoms with van der Waals surface area (Å²) < 4.78 is 55.0. The van der Waals surface area contributed by atoms with Crippen LogP contribution in [0, 0.1) is 0 Å². The van der Waals surface area contributed by atoms with E-state index in [4.69, 9.17) is 47.4 Å². The zero-order valence-corrected chi connectivity index (χ0v) is 30.6. The molecule has 20 heteroatoms. The first-order valence-electron chi connectivity index (χ1n) is 16.6. The van der Waals surface area contributed by atoms with Crippen molar-refractivity contribution in [2.24, 2.45) is 0 Å². The van der Waals surface area contributed by atoms with Crippen LogP contribution in [0.1, 0.15) is 51.4 Å². The van der Waals surface area contributed by atoms with Crippen LogP contribution in [0.15, 0.2) is 30.3 Å². The van der Waals surface area contributed by atoms with Gasteiger partial charge in [-0.25, -0.2) is 9.59 Å². The number of carbonyl (C=O) groups excluding carboxylic acids is 7. The third kappa shape index (κ3) is 11.4. The first-order chi connectivity index (χ1) is 25.4. The number of amides is 1. The molecule has 0 spiro atoms. The van der Waals surface area contributed by atoms with E-state index < -0.39 is 128 Å². The molecule has 2 aliphatic rings. The van der Waals surface area contributed by atoms with E-state index in [9.17, 15) is 43.8 Å². The van der Waals surface area contributed by atoms with Crippen LogP contribution < -0.4 is 5.32 Å². The van der Waals surface area contributed by atoms with Gasteiger partial charge < -0.3 is 62.9 Å². The molecule has 1 aromatic carbocycles. The minimum Gasteiger partial charge on any atom is -0.465 e. The van der Waals surface area contributed by atoms with Crippen molar-refractivity contribution in [1.82, 2.24) is 5.32 Å². The van der Waals surface area contributed by atoms with Crippen LogP contribution >= 0.6 is 0 Å². The number of ether oxygens (including phenoxy) is 10. The van der Waals surface area contributed by atoms with Gasteiger partial charge in [-0.1, -0.05) is 18.2 Å². The minimum atomic E-state index is -2.65. The van der Waals surface area contributed by atoms with Crippen molar-refractivity contribution in [3.8, 4) is 0 Å². The number of nitrogens with one attached hydrogen (secondary N) is 1. The van der Waals surface area contributed by atoms with Crippen LogP contribution in [0.5, 0.6) is 0 Å². The summed E-state index contributed by atoms with van der Waals surface area (Å²) in [5.41, 5.74) is 0.102. The van der Waals surface area contributed by atoms with Crippen LogP contribution in [-0.2, 0) is 76.1 Å². The summed E-state index contributed by atoms with van der Waals surface area (Å²) >= 11 is 0. The third-order valence-corrected chi connectivity index (χ3v) is 8.10. The largest absolute Gasteiger partial charge is 0.465 e. The van der Waals surface area contributed by atoms with Crippen molar-refractivity contribution in [1.29, 1.82) is 0 Å². The first-order valence-corrected chi connectivity index (χ1v) is 16.6. The summed E-state index contributed by atoms with van der Waals surface area (Å²) in [6, 6.07) is 6.23. The molecule has 0 aromatic heterocycles. The number of rotatable bonds is 15. The molecule has 54 heavy (non-hydrogen) atoms. The van der Waals surface area contributed by atoms with Gasteiger partial charge in [0.2, 0.25) is 5.91 Å². The standard InChI is InChI=1S/C34H45NO19/c1-16(36)35-25-22(49-18(3)38)13-34(33(44)46-7,54-29(25)28(51-20(5)40)24(50-19(4)39)14-47-17(2)37)48-15-23-26(41)30(27(42)32(45-6)52-23)53-31(43)21-11-9-8-10-12-21/h8-12,22-30,32,41-42H,13-15H2,1-7H3,(H,35,36)/t22-,23+,24+,25+,26-,27+,28+,29+,30-,32+,34+/m0/s1. The van der Waals surface area contributed by atoms with Gasteiger partial charge in [-0.05, 0) is 12.1 Å². The van der Waals surface area contributed by atoms with Crippen LogP contribution in [0.2, 0.25) is 0 Å². The van der Waals surface area contributed by atoms with E-state index in [1.807, 2.05) is 0 Å². The van der Waals surface area contributed by atoms with Gasteiger partial charge >= 0.3 is 35.8 Å². The summed E-state index contributed by atoms with van der Waals surface area (Å²) in [7, 11) is 2.13. The molecule has 0 bridgehead atoms. The monoisotopic (exact) mass is 771 g/mol. The number of benzene rings is 1. The fraction of sp³-hybridized carbons (Fsp3) is 0.618. The molecular weight excluding hydrogens is 726 g/mol. The molecule has 1 amide bonds. The normalized spacial score (nSPS) is 29.0. The number of methoxy groups -OCH3 is 2. The molecule has 2 aliphatic heterocycles. The van der Waals surface area contributed by atoms with Crippen molar-refractivity contribution in [2.75, 3.05) is 27.4 Å². The number of esters is 6. The molecule has 3 N–H and O–H groups in total. The minimum absolute atomic E-state index is 0.102. The van der Waals surface area contributed by atoms with Gasteiger partial charge in [0.15, 0.2) is 24.6 Å². The van der Waals surface area contributed by atoms with Gasteiger partial charge in [0.1, 0.15) is 37.1 Å². The highest BCUT2D eigenvalue weighted by molar-refractivity contribution is 5.89. The van der Waals surface area contributed by atoms with Crippen molar-refractivity contribution >= 4 is 41.7 Å². The number of hydrogen-bond acceptors (Lipinski definition) is 19. The maximum Gasteiger partial charge on any atom is 0.366 e. The Kier molecular flexibility index (Phi) is 15.8. The summed E-state index contributed by atoms with van der Waals surface area (Å²) in [6.45, 7) is 3.66. The Morgan fingerprint density at radius 2 is 1.52 bits per heavy atom. The summed E-state index contributed by atoms with van der Waals surface area (Å²) in [4.78, 5) is 87.9. The maximum absolute atomic E-state index is 13.7. The van der Waals surface area contributed by atoms with Crippen molar-refractivity contribution in [3.05, 3.63) is 35.9 Å². The molecule has 2 heterocycles. The molecule has 0 radical (unpaired) electrons. The molecule has 2 fully saturated rings. The molecule has 2 saturated heterocycles. The van der Waals surface area contributed by atoms with Crippen LogP contribution in [0.3, 0.4) is 0 Å². The number of carbonyl (C=O) groups is 7. The van der Waals surface area contributed by atoms with Gasteiger partial charge in [-0.15, -0.1) is 0 Å². The third-order valence-electron chi connectivity index (χ3n) is 8.10. The fourth-order valence-corrected chi connectivity index (χ4v) is 5.90. The van der Waals surface area contributed by atoms with E-state index in [0.717, 1.165) is 41.7 Å². The topological polar surface area (TPSA) is 264 Å². The zero-order chi connectivity index (χ0) is 40.3. The van der Waals surface area contributed by atoms with E-state index in [1.165, 1.54) is 19.2 Å². The Morgan fingerprint density at radius 3 is 2.06 bits per heavy atom. The van der Waals surface area contributed by atoms with Gasteiger partial charge in [0.25, 0.3) is 5.79 Å². The molecule has 11 atom stereocenters. The lowest BCUT2D eigenvalue weighted by Gasteiger charge is -2.49. The second-order valence-electron chi connectivity index (χ2n) is 12.2. The predicted molar refractivity (Wildman–Crippen MR) is 174 cm³/mol. The van der Waals surface area contributed by atoms with Gasteiger partial charge in [-0.3, -0.25) is 24.0 Å². The zero-order valence-electron chi connectivity index (χ0n) is 30.6. The summed E-state index contributed by atoms with van der Waals surface area (Å²) in [5.74, 6) is -9.15. The molecular formula is C34H45NO19. The molecule has 20 nitrogen and oxygen atoms in total. The second-order valence-corrected chi connectivity index (χ2v) is 12.2. The summed E-state index contributed by atoms with van der Waals surface area (Å²) in [5, 5.41) is 24.7. The Labute approximate surface area is 309 Å². The quantitative estimate of drug-likeness (QED) is 0.140.